The number of carbonyl (C=O) groups is 2. The van der Waals surface area contributed by atoms with Gasteiger partial charge in [0, 0.05) is 18.2 Å². The summed E-state index contributed by atoms with van der Waals surface area (Å²) in [6.07, 6.45) is 4.07. The summed E-state index contributed by atoms with van der Waals surface area (Å²) in [6.45, 7) is 4.59. The zero-order valence-electron chi connectivity index (χ0n) is 17.5. The Morgan fingerprint density at radius 2 is 1.93 bits per heavy atom. The molecule has 1 unspecified atom stereocenters. The van der Waals surface area contributed by atoms with Gasteiger partial charge in [0.05, 0.1) is 30.0 Å². The number of amides is 1. The Morgan fingerprint density at radius 1 is 1.17 bits per heavy atom. The molecule has 0 N–H and O–H groups in total. The molecule has 4 rings (SSSR count). The van der Waals surface area contributed by atoms with Gasteiger partial charge in [0.2, 0.25) is 0 Å². The van der Waals surface area contributed by atoms with Crippen LogP contribution in [0.4, 0.5) is 0 Å². The molecule has 1 aliphatic rings. The van der Waals surface area contributed by atoms with Crippen molar-refractivity contribution in [3.8, 4) is 11.3 Å². The minimum Gasteiger partial charge on any atom is -0.467 e. The lowest BCUT2D eigenvalue weighted by Crippen LogP contribution is -2.48. The SMILES string of the molecule is COC(=O)C1CCCCN1C(=O)c1cc(-c2ccccc2)nc2c1cnn2C(C)C. The van der Waals surface area contributed by atoms with Crippen LogP contribution < -0.4 is 0 Å². The van der Waals surface area contributed by atoms with Crippen LogP contribution in [0, 0.1) is 0 Å². The van der Waals surface area contributed by atoms with Crippen molar-refractivity contribution >= 4 is 22.9 Å². The van der Waals surface area contributed by atoms with Crippen LogP contribution in [0.3, 0.4) is 0 Å². The molecular formula is C23H26N4O3. The first-order valence-corrected chi connectivity index (χ1v) is 10.3. The van der Waals surface area contributed by atoms with Gasteiger partial charge in [-0.2, -0.15) is 5.10 Å². The third-order valence-electron chi connectivity index (χ3n) is 5.59. The van der Waals surface area contributed by atoms with Gasteiger partial charge in [-0.1, -0.05) is 30.3 Å². The third kappa shape index (κ3) is 3.56. The van der Waals surface area contributed by atoms with Crippen LogP contribution in [0.5, 0.6) is 0 Å². The fourth-order valence-corrected chi connectivity index (χ4v) is 4.04. The molecule has 1 aromatic carbocycles. The predicted octanol–water partition coefficient (Wildman–Crippen LogP) is 3.85. The maximum absolute atomic E-state index is 13.7. The van der Waals surface area contributed by atoms with Crippen LogP contribution in [0.2, 0.25) is 0 Å². The van der Waals surface area contributed by atoms with Gasteiger partial charge in [-0.15, -0.1) is 0 Å². The molecule has 0 radical (unpaired) electrons. The average molecular weight is 406 g/mol. The first-order valence-electron chi connectivity index (χ1n) is 10.3. The van der Waals surface area contributed by atoms with Crippen LogP contribution in [0.15, 0.2) is 42.6 Å². The van der Waals surface area contributed by atoms with Gasteiger partial charge in [-0.05, 0) is 39.2 Å². The minimum atomic E-state index is -0.556. The molecule has 2 aromatic heterocycles. The van der Waals surface area contributed by atoms with E-state index in [1.807, 2.05) is 54.9 Å². The number of nitrogens with zero attached hydrogens (tertiary/aromatic N) is 4. The molecule has 7 nitrogen and oxygen atoms in total. The predicted molar refractivity (Wildman–Crippen MR) is 114 cm³/mol. The first kappa shape index (κ1) is 20.1. The normalized spacial score (nSPS) is 16.8. The minimum absolute atomic E-state index is 0.0989. The van der Waals surface area contributed by atoms with Crippen molar-refractivity contribution in [1.82, 2.24) is 19.7 Å². The number of hydrogen-bond acceptors (Lipinski definition) is 5. The highest BCUT2D eigenvalue weighted by Crippen LogP contribution is 2.29. The van der Waals surface area contributed by atoms with E-state index in [0.717, 1.165) is 18.4 Å². The Balaban J connectivity index is 1.86. The maximum Gasteiger partial charge on any atom is 0.328 e. The fraction of sp³-hybridized carbons (Fsp3) is 0.391. The van der Waals surface area contributed by atoms with Crippen molar-refractivity contribution in [3.05, 3.63) is 48.2 Å². The van der Waals surface area contributed by atoms with E-state index in [1.54, 1.807) is 11.1 Å². The second-order valence-electron chi connectivity index (χ2n) is 7.87. The summed E-state index contributed by atoms with van der Waals surface area (Å²) < 4.78 is 6.79. The van der Waals surface area contributed by atoms with Crippen molar-refractivity contribution in [2.24, 2.45) is 0 Å². The van der Waals surface area contributed by atoms with E-state index in [-0.39, 0.29) is 17.9 Å². The molecule has 0 spiro atoms. The largest absolute Gasteiger partial charge is 0.467 e. The summed E-state index contributed by atoms with van der Waals surface area (Å²) in [6, 6.07) is 11.1. The van der Waals surface area contributed by atoms with Crippen molar-refractivity contribution in [2.45, 2.75) is 45.2 Å². The maximum atomic E-state index is 13.7. The number of likely N-dealkylation sites (tertiary alicyclic amines) is 1. The molecule has 1 aliphatic heterocycles. The van der Waals surface area contributed by atoms with E-state index in [4.69, 9.17) is 9.72 Å². The molecule has 1 atom stereocenters. The van der Waals surface area contributed by atoms with E-state index >= 15 is 0 Å². The molecule has 1 saturated heterocycles. The van der Waals surface area contributed by atoms with Gasteiger partial charge in [0.25, 0.3) is 5.91 Å². The standard InChI is InChI=1S/C23H26N4O3/c1-15(2)27-21-18(14-24-27)17(13-19(25-21)16-9-5-4-6-10-16)22(28)26-12-8-7-11-20(26)23(29)30-3/h4-6,9-10,13-15,20H,7-8,11-12H2,1-3H3. The van der Waals surface area contributed by atoms with Crippen molar-refractivity contribution in [1.29, 1.82) is 0 Å². The summed E-state index contributed by atoms with van der Waals surface area (Å²) in [5.41, 5.74) is 2.82. The number of carbonyl (C=O) groups excluding carboxylic acids is 2. The summed E-state index contributed by atoms with van der Waals surface area (Å²) in [5.74, 6) is -0.549. The van der Waals surface area contributed by atoms with E-state index < -0.39 is 6.04 Å². The summed E-state index contributed by atoms with van der Waals surface area (Å²) in [7, 11) is 1.37. The second-order valence-corrected chi connectivity index (χ2v) is 7.87. The van der Waals surface area contributed by atoms with Crippen molar-refractivity contribution in [2.75, 3.05) is 13.7 Å². The Labute approximate surface area is 175 Å². The molecule has 30 heavy (non-hydrogen) atoms. The smallest absolute Gasteiger partial charge is 0.328 e. The van der Waals surface area contributed by atoms with Gasteiger partial charge >= 0.3 is 5.97 Å². The Hall–Kier alpha value is -3.22. The topological polar surface area (TPSA) is 77.3 Å². The quantitative estimate of drug-likeness (QED) is 0.615. The number of pyridine rings is 1. The molecular weight excluding hydrogens is 380 g/mol. The van der Waals surface area contributed by atoms with Crippen LogP contribution >= 0.6 is 0 Å². The lowest BCUT2D eigenvalue weighted by Gasteiger charge is -2.34. The second kappa shape index (κ2) is 8.26. The molecule has 1 amide bonds. The summed E-state index contributed by atoms with van der Waals surface area (Å²) >= 11 is 0. The van der Waals surface area contributed by atoms with E-state index in [2.05, 4.69) is 5.10 Å². The number of fused-ring (bicyclic) bond motifs is 1. The number of piperidine rings is 1. The molecule has 1 fully saturated rings. The van der Waals surface area contributed by atoms with E-state index in [9.17, 15) is 9.59 Å². The van der Waals surface area contributed by atoms with Gasteiger partial charge in [0.1, 0.15) is 6.04 Å². The van der Waals surface area contributed by atoms with Crippen LogP contribution in [0.1, 0.15) is 49.5 Å². The lowest BCUT2D eigenvalue weighted by molar-refractivity contribution is -0.147. The first-order chi connectivity index (χ1) is 14.5. The number of benzene rings is 1. The van der Waals surface area contributed by atoms with Gasteiger partial charge in [-0.3, -0.25) is 4.79 Å². The Morgan fingerprint density at radius 3 is 2.63 bits per heavy atom. The molecule has 0 saturated carbocycles. The van der Waals surface area contributed by atoms with Crippen molar-refractivity contribution in [3.63, 3.8) is 0 Å². The zero-order chi connectivity index (χ0) is 21.3. The Kier molecular flexibility index (Phi) is 5.53. The highest BCUT2D eigenvalue weighted by molar-refractivity contribution is 6.07. The van der Waals surface area contributed by atoms with Gasteiger partial charge < -0.3 is 9.64 Å². The number of aromatic nitrogens is 3. The lowest BCUT2D eigenvalue weighted by atomic mass is 9.99. The zero-order valence-corrected chi connectivity index (χ0v) is 17.5. The molecule has 0 aliphatic carbocycles. The average Bonchev–Trinajstić information content (AvgIpc) is 3.22. The molecule has 3 heterocycles. The highest BCUT2D eigenvalue weighted by Gasteiger charge is 2.34. The van der Waals surface area contributed by atoms with Gasteiger partial charge in [0.15, 0.2) is 5.65 Å². The number of hydrogen-bond donors (Lipinski definition) is 0. The third-order valence-corrected chi connectivity index (χ3v) is 5.59. The molecule has 7 heteroatoms. The Bertz CT molecular complexity index is 1070. The van der Waals surface area contributed by atoms with Crippen LogP contribution in [-0.4, -0.2) is 51.2 Å². The summed E-state index contributed by atoms with van der Waals surface area (Å²) in [4.78, 5) is 32.4. The van der Waals surface area contributed by atoms with Crippen LogP contribution in [-0.2, 0) is 9.53 Å². The van der Waals surface area contributed by atoms with E-state index in [0.29, 0.717) is 35.3 Å². The van der Waals surface area contributed by atoms with Gasteiger partial charge in [-0.25, -0.2) is 14.5 Å². The monoisotopic (exact) mass is 406 g/mol. The molecule has 0 bridgehead atoms. The van der Waals surface area contributed by atoms with Crippen LogP contribution in [0.25, 0.3) is 22.3 Å². The number of ether oxygens (including phenoxy) is 1. The fourth-order valence-electron chi connectivity index (χ4n) is 4.04. The van der Waals surface area contributed by atoms with Crippen molar-refractivity contribution < 1.29 is 14.3 Å². The summed E-state index contributed by atoms with van der Waals surface area (Å²) in [5, 5.41) is 5.18. The molecule has 156 valence electrons. The highest BCUT2D eigenvalue weighted by atomic mass is 16.5. The number of methoxy groups -OCH3 is 1. The number of esters is 1. The molecule has 3 aromatic rings. The van der Waals surface area contributed by atoms with E-state index in [1.165, 1.54) is 7.11 Å². The number of rotatable bonds is 4.